The van der Waals surface area contributed by atoms with Crippen molar-refractivity contribution in [3.8, 4) is 0 Å². The van der Waals surface area contributed by atoms with E-state index in [1.54, 1.807) is 6.92 Å². The molecule has 1 saturated heterocycles. The summed E-state index contributed by atoms with van der Waals surface area (Å²) in [5.74, 6) is -0.635. The third-order valence-electron chi connectivity index (χ3n) is 11.1. The van der Waals surface area contributed by atoms with Crippen molar-refractivity contribution in [3.63, 3.8) is 0 Å². The Hall–Kier alpha value is -1.83. The summed E-state index contributed by atoms with van der Waals surface area (Å²) in [4.78, 5) is 28.5. The lowest BCUT2D eigenvalue weighted by Crippen LogP contribution is -2.69. The average molecular weight is 542 g/mol. The van der Waals surface area contributed by atoms with E-state index in [0.29, 0.717) is 18.7 Å². The van der Waals surface area contributed by atoms with Crippen molar-refractivity contribution < 1.29 is 23.5 Å². The second kappa shape index (κ2) is 8.84. The van der Waals surface area contributed by atoms with Crippen LogP contribution in [0.5, 0.6) is 0 Å². The molecule has 1 aromatic rings. The molecule has 5 aliphatic rings. The molecule has 38 heavy (non-hydrogen) atoms. The number of benzene rings is 1. The average Bonchev–Trinajstić information content (AvgIpc) is 3.35. The van der Waals surface area contributed by atoms with Crippen molar-refractivity contribution in [2.75, 3.05) is 18.8 Å². The summed E-state index contributed by atoms with van der Waals surface area (Å²) in [6.45, 7) is 7.72. The van der Waals surface area contributed by atoms with Gasteiger partial charge >= 0.3 is 0 Å². The summed E-state index contributed by atoms with van der Waals surface area (Å²) in [5.41, 5.74) is -3.55. The van der Waals surface area contributed by atoms with Gasteiger partial charge in [-0.3, -0.25) is 14.5 Å². The van der Waals surface area contributed by atoms with E-state index >= 15 is 8.78 Å². The molecule has 0 radical (unpaired) electrons. The fourth-order valence-corrected chi connectivity index (χ4v) is 10.4. The molecular formula is C31H37F2NO3S. The summed E-state index contributed by atoms with van der Waals surface area (Å²) < 4.78 is 33.3. The van der Waals surface area contributed by atoms with Gasteiger partial charge in [0.15, 0.2) is 16.6 Å². The Morgan fingerprint density at radius 1 is 1.18 bits per heavy atom. The lowest BCUT2D eigenvalue weighted by molar-refractivity contribution is -0.210. The molecular weight excluding hydrogens is 504 g/mol. The maximum atomic E-state index is 17.5. The summed E-state index contributed by atoms with van der Waals surface area (Å²) in [7, 11) is 0. The monoisotopic (exact) mass is 541 g/mol. The second-order valence-corrected chi connectivity index (χ2v) is 13.9. The first-order valence-corrected chi connectivity index (χ1v) is 14.9. The fourth-order valence-electron chi connectivity index (χ4n) is 9.43. The van der Waals surface area contributed by atoms with Gasteiger partial charge in [0.1, 0.15) is 6.17 Å². The molecule has 6 rings (SSSR count). The van der Waals surface area contributed by atoms with Gasteiger partial charge in [0.05, 0.1) is 11.5 Å². The molecule has 204 valence electrons. The van der Waals surface area contributed by atoms with E-state index in [0.717, 1.165) is 13.1 Å². The van der Waals surface area contributed by atoms with Gasteiger partial charge in [0.2, 0.25) is 0 Å². The smallest absolute Gasteiger partial charge is 0.197 e. The molecule has 3 saturated carbocycles. The van der Waals surface area contributed by atoms with Gasteiger partial charge in [-0.2, -0.15) is 0 Å². The first-order chi connectivity index (χ1) is 18.0. The molecule has 0 aromatic heterocycles. The quantitative estimate of drug-likeness (QED) is 0.560. The zero-order valence-electron chi connectivity index (χ0n) is 22.3. The largest absolute Gasteiger partial charge is 0.390 e. The molecule has 0 bridgehead atoms. The van der Waals surface area contributed by atoms with Gasteiger partial charge in [-0.1, -0.05) is 62.0 Å². The first-order valence-electron chi connectivity index (χ1n) is 13.9. The zero-order chi connectivity index (χ0) is 27.1. The fraction of sp³-hybridized carbons (Fsp3) is 0.613. The van der Waals surface area contributed by atoms with Crippen LogP contribution >= 0.6 is 11.8 Å². The van der Waals surface area contributed by atoms with E-state index < -0.39 is 40.1 Å². The van der Waals surface area contributed by atoms with E-state index in [1.807, 2.05) is 25.1 Å². The normalized spacial score (nSPS) is 45.7. The Morgan fingerprint density at radius 2 is 1.92 bits per heavy atom. The topological polar surface area (TPSA) is 57.6 Å². The van der Waals surface area contributed by atoms with Crippen molar-refractivity contribution in [1.82, 2.24) is 4.90 Å². The molecule has 1 aliphatic heterocycles. The van der Waals surface area contributed by atoms with Crippen LogP contribution in [0.3, 0.4) is 0 Å². The minimum absolute atomic E-state index is 0.0218. The summed E-state index contributed by atoms with van der Waals surface area (Å²) in [6, 6.07) is 10.2. The molecule has 1 N–H and O–H groups in total. The molecule has 4 fully saturated rings. The van der Waals surface area contributed by atoms with Crippen LogP contribution < -0.4 is 0 Å². The Kier molecular flexibility index (Phi) is 6.14. The van der Waals surface area contributed by atoms with Crippen molar-refractivity contribution in [1.29, 1.82) is 0 Å². The number of thioether (sulfide) groups is 1. The minimum atomic E-state index is -2.10. The van der Waals surface area contributed by atoms with Crippen LogP contribution in [0, 0.1) is 34.0 Å². The van der Waals surface area contributed by atoms with E-state index in [2.05, 4.69) is 24.0 Å². The lowest BCUT2D eigenvalue weighted by atomic mass is 9.43. The van der Waals surface area contributed by atoms with Crippen molar-refractivity contribution >= 4 is 22.7 Å². The number of nitrogens with zero attached hydrogens (tertiary/aromatic N) is 1. The van der Waals surface area contributed by atoms with Crippen molar-refractivity contribution in [3.05, 3.63) is 59.7 Å². The number of hydrogen-bond acceptors (Lipinski definition) is 5. The van der Waals surface area contributed by atoms with Gasteiger partial charge in [-0.15, -0.1) is 0 Å². The van der Waals surface area contributed by atoms with Crippen LogP contribution in [-0.4, -0.2) is 57.7 Å². The highest BCUT2D eigenvalue weighted by Gasteiger charge is 2.78. The van der Waals surface area contributed by atoms with Crippen molar-refractivity contribution in [2.45, 2.75) is 64.5 Å². The number of fused-ring (bicyclic) bond motifs is 7. The van der Waals surface area contributed by atoms with E-state index in [9.17, 15) is 14.7 Å². The number of halogens is 2. The molecule has 1 aromatic carbocycles. The van der Waals surface area contributed by atoms with Crippen LogP contribution in [-0.2, 0) is 16.1 Å². The minimum Gasteiger partial charge on any atom is -0.390 e. The number of ketones is 1. The number of allylic oxidation sites excluding steroid dienone is 4. The highest BCUT2D eigenvalue weighted by atomic mass is 32.2. The lowest BCUT2D eigenvalue weighted by Gasteiger charge is -2.63. The molecule has 0 unspecified atom stereocenters. The SMILES string of the molecule is CCSC(=O)[C@@]12CN(Cc3ccccc3)C[C@@H]1C[C@H]1[C@@H]3C[C@H](F)C4=CC(=O)C=C[C@]4(C)[C@@]3(F)[C@@H](O)C[C@@]12C. The van der Waals surface area contributed by atoms with Gasteiger partial charge in [0.25, 0.3) is 0 Å². The number of aliphatic hydroxyl groups excluding tert-OH is 1. The summed E-state index contributed by atoms with van der Waals surface area (Å²) in [6.07, 6.45) is 1.94. The van der Waals surface area contributed by atoms with Gasteiger partial charge in [-0.05, 0) is 72.5 Å². The van der Waals surface area contributed by atoms with Crippen LogP contribution in [0.2, 0.25) is 0 Å². The maximum absolute atomic E-state index is 17.5. The first kappa shape index (κ1) is 26.4. The second-order valence-electron chi connectivity index (χ2n) is 12.6. The number of rotatable bonds is 4. The molecule has 1 heterocycles. The molecule has 7 heteroatoms. The predicted molar refractivity (Wildman–Crippen MR) is 145 cm³/mol. The van der Waals surface area contributed by atoms with Crippen molar-refractivity contribution in [2.24, 2.45) is 34.0 Å². The van der Waals surface area contributed by atoms with Gasteiger partial charge < -0.3 is 5.11 Å². The van der Waals surface area contributed by atoms with Gasteiger partial charge in [0, 0.05) is 31.0 Å². The van der Waals surface area contributed by atoms with E-state index in [4.69, 9.17) is 0 Å². The number of aliphatic hydroxyl groups is 1. The Labute approximate surface area is 227 Å². The molecule has 0 spiro atoms. The number of hydrogen-bond donors (Lipinski definition) is 1. The van der Waals surface area contributed by atoms with Crippen LogP contribution in [0.4, 0.5) is 8.78 Å². The maximum Gasteiger partial charge on any atom is 0.197 e. The van der Waals surface area contributed by atoms with Gasteiger partial charge in [-0.25, -0.2) is 8.78 Å². The Balaban J connectivity index is 1.41. The van der Waals surface area contributed by atoms with E-state index in [-0.39, 0.29) is 41.1 Å². The third-order valence-corrected chi connectivity index (χ3v) is 12.0. The van der Waals surface area contributed by atoms with E-state index in [1.165, 1.54) is 35.6 Å². The van der Waals surface area contributed by atoms with Crippen LogP contribution in [0.1, 0.15) is 45.6 Å². The Morgan fingerprint density at radius 3 is 2.63 bits per heavy atom. The molecule has 9 atom stereocenters. The standard InChI is InChI=1S/C31H37F2NO3S/c1-4-38-27(37)30-18-34(16-19-8-6-5-7-9-19)17-20(30)12-22-23-14-25(32)24-13-21(35)10-11-28(24,2)31(23,33)26(36)15-29(22,30)3/h5-11,13,20,22-23,25-26,36H,4,12,14-18H2,1-3H3/t20-,22-,23-,25-,26-,28-,29-,30+,31-/m0/s1. The zero-order valence-corrected chi connectivity index (χ0v) is 23.1. The van der Waals surface area contributed by atoms with Crippen LogP contribution in [0.25, 0.3) is 0 Å². The number of carbonyl (C=O) groups excluding carboxylic acids is 2. The predicted octanol–water partition coefficient (Wildman–Crippen LogP) is 5.31. The molecule has 4 nitrogen and oxygen atoms in total. The highest BCUT2D eigenvalue weighted by molar-refractivity contribution is 8.13. The molecule has 4 aliphatic carbocycles. The third kappa shape index (κ3) is 3.27. The number of likely N-dealkylation sites (tertiary alicyclic amines) is 1. The Bertz CT molecular complexity index is 1220. The summed E-state index contributed by atoms with van der Waals surface area (Å²) >= 11 is 1.33. The summed E-state index contributed by atoms with van der Waals surface area (Å²) in [5, 5.41) is 11.8. The van der Waals surface area contributed by atoms with Crippen LogP contribution in [0.15, 0.2) is 54.1 Å². The highest BCUT2D eigenvalue weighted by Crippen LogP contribution is 2.75. The number of alkyl halides is 2. The number of carbonyl (C=O) groups is 2. The molecule has 0 amide bonds.